The molecular formula is C13H13O2P. The molecule has 82 valence electrons. The Morgan fingerprint density at radius 1 is 0.812 bits per heavy atom. The molecule has 3 heteroatoms. The zero-order valence-corrected chi connectivity index (χ0v) is 10.2. The highest BCUT2D eigenvalue weighted by Crippen LogP contribution is 2.29. The fraction of sp³-hybridized carbons (Fsp3) is 0. The number of carboxylic acids is 1. The van der Waals surface area contributed by atoms with Gasteiger partial charge >= 0.3 is 5.97 Å². The van der Waals surface area contributed by atoms with Gasteiger partial charge in [0.05, 0.1) is 5.56 Å². The summed E-state index contributed by atoms with van der Waals surface area (Å²) in [5, 5.41) is 8.38. The lowest BCUT2D eigenvalue weighted by molar-refractivity contribution is 0.0697. The molecule has 0 heterocycles. The van der Waals surface area contributed by atoms with Gasteiger partial charge in [-0.2, -0.15) is 9.90 Å². The van der Waals surface area contributed by atoms with E-state index in [-0.39, 0.29) is 9.90 Å². The molecule has 1 atom stereocenters. The van der Waals surface area contributed by atoms with Crippen molar-refractivity contribution in [3.05, 3.63) is 60.2 Å². The Balaban J connectivity index is 0.000000159. The number of rotatable bonds is 1. The number of fused-ring (bicyclic) bond motifs is 1. The van der Waals surface area contributed by atoms with Crippen LogP contribution in [-0.4, -0.2) is 11.1 Å². The van der Waals surface area contributed by atoms with Crippen LogP contribution < -0.4 is 0 Å². The summed E-state index contributed by atoms with van der Waals surface area (Å²) in [5.74, 6) is -0.879. The minimum Gasteiger partial charge on any atom is -0.478 e. The molecule has 3 rings (SSSR count). The smallest absolute Gasteiger partial charge is 0.335 e. The van der Waals surface area contributed by atoms with Crippen molar-refractivity contribution in [2.75, 3.05) is 0 Å². The van der Waals surface area contributed by atoms with Crippen molar-refractivity contribution < 1.29 is 9.90 Å². The standard InChI is InChI=1S/C7H6O2.C6H4.H3P/c8-7(9)6-4-2-1-3-5-6;1-2-6-4-3-5(1)6;/h1-5H,(H,8,9);1-4H;1H3. The largest absolute Gasteiger partial charge is 0.478 e. The maximum Gasteiger partial charge on any atom is 0.335 e. The molecule has 0 amide bonds. The number of aromatic carboxylic acids is 1. The first-order valence-electron chi connectivity index (χ1n) is 4.66. The minimum absolute atomic E-state index is 0. The minimum atomic E-state index is -0.879. The van der Waals surface area contributed by atoms with Crippen LogP contribution in [0.4, 0.5) is 0 Å². The Kier molecular flexibility index (Phi) is 4.21. The van der Waals surface area contributed by atoms with E-state index in [0.29, 0.717) is 5.56 Å². The van der Waals surface area contributed by atoms with E-state index >= 15 is 0 Å². The van der Waals surface area contributed by atoms with E-state index in [1.165, 1.54) is 11.1 Å². The molecule has 0 radical (unpaired) electrons. The van der Waals surface area contributed by atoms with Crippen molar-refractivity contribution in [3.63, 3.8) is 0 Å². The predicted octanol–water partition coefficient (Wildman–Crippen LogP) is 3.11. The van der Waals surface area contributed by atoms with Crippen LogP contribution in [-0.2, 0) is 0 Å². The maximum atomic E-state index is 10.2. The zero-order valence-electron chi connectivity index (χ0n) is 8.76. The molecule has 16 heavy (non-hydrogen) atoms. The van der Waals surface area contributed by atoms with Gasteiger partial charge in [0.15, 0.2) is 0 Å². The lowest BCUT2D eigenvalue weighted by atomic mass is 9.95. The first-order valence-corrected chi connectivity index (χ1v) is 4.66. The fourth-order valence-electron chi connectivity index (χ4n) is 1.24. The van der Waals surface area contributed by atoms with Crippen LogP contribution in [0, 0.1) is 0 Å². The quantitative estimate of drug-likeness (QED) is 0.654. The van der Waals surface area contributed by atoms with Crippen LogP contribution in [0.15, 0.2) is 54.6 Å². The average molecular weight is 232 g/mol. The van der Waals surface area contributed by atoms with Crippen LogP contribution in [0.5, 0.6) is 0 Å². The van der Waals surface area contributed by atoms with E-state index in [0.717, 1.165) is 0 Å². The highest BCUT2D eigenvalue weighted by molar-refractivity contribution is 6.92. The summed E-state index contributed by atoms with van der Waals surface area (Å²) in [6.07, 6.45) is 0. The summed E-state index contributed by atoms with van der Waals surface area (Å²) < 4.78 is 0. The molecule has 1 aromatic carbocycles. The molecule has 0 fully saturated rings. The molecule has 2 aliphatic carbocycles. The second kappa shape index (κ2) is 5.43. The van der Waals surface area contributed by atoms with Gasteiger partial charge in [-0.25, -0.2) is 4.79 Å². The van der Waals surface area contributed by atoms with E-state index in [4.69, 9.17) is 5.11 Å². The Morgan fingerprint density at radius 2 is 1.25 bits per heavy atom. The third-order valence-electron chi connectivity index (χ3n) is 2.24. The lowest BCUT2D eigenvalue weighted by Gasteiger charge is -2.10. The van der Waals surface area contributed by atoms with Crippen molar-refractivity contribution in [1.29, 1.82) is 0 Å². The van der Waals surface area contributed by atoms with Gasteiger partial charge in [-0.05, 0) is 23.3 Å². The molecule has 1 unspecified atom stereocenters. The van der Waals surface area contributed by atoms with Gasteiger partial charge in [0.1, 0.15) is 0 Å². The van der Waals surface area contributed by atoms with Gasteiger partial charge in [0, 0.05) is 0 Å². The normalized spacial score (nSPS) is 9.25. The summed E-state index contributed by atoms with van der Waals surface area (Å²) in [4.78, 5) is 10.2. The molecule has 0 bridgehead atoms. The molecule has 2 aliphatic rings. The van der Waals surface area contributed by atoms with E-state index in [1.54, 1.807) is 30.3 Å². The average Bonchev–Trinajstić information content (AvgIpc) is 2.25. The molecule has 0 aromatic heterocycles. The third kappa shape index (κ3) is 2.68. The maximum absolute atomic E-state index is 10.2. The van der Waals surface area contributed by atoms with Crippen LogP contribution in [0.2, 0.25) is 0 Å². The Hall–Kier alpha value is -1.66. The van der Waals surface area contributed by atoms with E-state index in [9.17, 15) is 4.79 Å². The summed E-state index contributed by atoms with van der Waals surface area (Å²) in [7, 11) is 0. The van der Waals surface area contributed by atoms with Gasteiger partial charge < -0.3 is 5.11 Å². The topological polar surface area (TPSA) is 37.3 Å². The summed E-state index contributed by atoms with van der Waals surface area (Å²) in [5.41, 5.74) is 3.18. The highest BCUT2D eigenvalue weighted by atomic mass is 31.0. The third-order valence-corrected chi connectivity index (χ3v) is 2.24. The molecule has 1 N–H and O–H groups in total. The lowest BCUT2D eigenvalue weighted by Crippen LogP contribution is -1.93. The Labute approximate surface area is 97.6 Å². The van der Waals surface area contributed by atoms with Crippen molar-refractivity contribution >= 4 is 15.9 Å². The van der Waals surface area contributed by atoms with Crippen molar-refractivity contribution in [2.24, 2.45) is 0 Å². The molecule has 0 saturated heterocycles. The van der Waals surface area contributed by atoms with Crippen molar-refractivity contribution in [1.82, 2.24) is 0 Å². The van der Waals surface area contributed by atoms with Crippen LogP contribution in [0.1, 0.15) is 10.4 Å². The van der Waals surface area contributed by atoms with Crippen LogP contribution in [0.25, 0.3) is 11.1 Å². The van der Waals surface area contributed by atoms with Crippen molar-refractivity contribution in [3.8, 4) is 11.1 Å². The SMILES string of the molecule is O=C(O)c1ccccc1.P.c1cc2ccc1-2. The molecule has 1 aromatic rings. The highest BCUT2D eigenvalue weighted by Gasteiger charge is 2.03. The molecular weight excluding hydrogens is 219 g/mol. The van der Waals surface area contributed by atoms with Gasteiger partial charge in [0.25, 0.3) is 0 Å². The Bertz CT molecular complexity index is 442. The number of hydrogen-bond acceptors (Lipinski definition) is 1. The second-order valence-electron chi connectivity index (χ2n) is 3.25. The van der Waals surface area contributed by atoms with Gasteiger partial charge in [0.2, 0.25) is 0 Å². The van der Waals surface area contributed by atoms with E-state index in [2.05, 4.69) is 24.3 Å². The van der Waals surface area contributed by atoms with Gasteiger partial charge in [-0.15, -0.1) is 0 Å². The first-order chi connectivity index (χ1) is 7.27. The van der Waals surface area contributed by atoms with Crippen LogP contribution in [0.3, 0.4) is 0 Å². The molecule has 2 nitrogen and oxygen atoms in total. The summed E-state index contributed by atoms with van der Waals surface area (Å²) in [6, 6.07) is 16.8. The number of benzene rings is 2. The van der Waals surface area contributed by atoms with Crippen LogP contribution >= 0.6 is 9.90 Å². The van der Waals surface area contributed by atoms with Crippen molar-refractivity contribution in [2.45, 2.75) is 0 Å². The molecule has 0 saturated carbocycles. The number of carboxylic acid groups (broad SMARTS) is 1. The predicted molar refractivity (Wildman–Crippen MR) is 69.9 cm³/mol. The molecule has 0 spiro atoms. The first kappa shape index (κ1) is 12.4. The fourth-order valence-corrected chi connectivity index (χ4v) is 1.24. The molecule has 0 aliphatic heterocycles. The zero-order chi connectivity index (χ0) is 10.7. The van der Waals surface area contributed by atoms with Gasteiger partial charge in [-0.3, -0.25) is 0 Å². The summed E-state index contributed by atoms with van der Waals surface area (Å²) >= 11 is 0. The number of carbonyl (C=O) groups is 1. The van der Waals surface area contributed by atoms with Gasteiger partial charge in [-0.1, -0.05) is 42.5 Å². The second-order valence-corrected chi connectivity index (χ2v) is 3.25. The van der Waals surface area contributed by atoms with E-state index in [1.807, 2.05) is 0 Å². The number of hydrogen-bond donors (Lipinski definition) is 1. The monoisotopic (exact) mass is 232 g/mol. The summed E-state index contributed by atoms with van der Waals surface area (Å²) in [6.45, 7) is 0. The van der Waals surface area contributed by atoms with E-state index < -0.39 is 5.97 Å². The Morgan fingerprint density at radius 3 is 1.44 bits per heavy atom.